The highest BCUT2D eigenvalue weighted by Crippen LogP contribution is 2.43. The molecule has 0 atom stereocenters. The second-order valence-electron chi connectivity index (χ2n) is 10.3. The Bertz CT molecular complexity index is 874. The maximum atomic E-state index is 14.7. The molecule has 2 aromatic carbocycles. The molecule has 0 nitrogen and oxygen atoms in total. The summed E-state index contributed by atoms with van der Waals surface area (Å²) in [7, 11) is 0. The molecule has 32 heavy (non-hydrogen) atoms. The standard InChI is InChI=1S/C29H37F3/c1-2-3-20-6-11-23(12-7-20)24-13-8-21(9-14-24)4-5-22-10-16-26(28(31)18-22)25-15-17-27(30)29(32)19-25/h10,15-21,23-24H,2-9,11-14H2,1H3. The summed E-state index contributed by atoms with van der Waals surface area (Å²) in [6, 6.07) is 8.72. The molecule has 4 rings (SSSR count). The molecule has 0 heterocycles. The van der Waals surface area contributed by atoms with Crippen LogP contribution in [0, 0.1) is 41.1 Å². The first-order valence-electron chi connectivity index (χ1n) is 12.8. The molecule has 0 bridgehead atoms. The highest BCUT2D eigenvalue weighted by atomic mass is 19.2. The van der Waals surface area contributed by atoms with Gasteiger partial charge < -0.3 is 0 Å². The van der Waals surface area contributed by atoms with Gasteiger partial charge in [0.2, 0.25) is 0 Å². The van der Waals surface area contributed by atoms with E-state index in [-0.39, 0.29) is 5.82 Å². The van der Waals surface area contributed by atoms with Gasteiger partial charge in [-0.05, 0) is 91.5 Å². The SMILES string of the molecule is CCCC1CCC(C2CCC(CCc3ccc(-c4ccc(F)c(F)c4)c(F)c3)CC2)CC1. The summed E-state index contributed by atoms with van der Waals surface area (Å²) in [5.41, 5.74) is 1.68. The van der Waals surface area contributed by atoms with Gasteiger partial charge in [-0.1, -0.05) is 63.6 Å². The summed E-state index contributed by atoms with van der Waals surface area (Å²) in [5, 5.41) is 0. The van der Waals surface area contributed by atoms with Crippen molar-refractivity contribution in [1.82, 2.24) is 0 Å². The lowest BCUT2D eigenvalue weighted by atomic mass is 9.68. The highest BCUT2D eigenvalue weighted by molar-refractivity contribution is 5.64. The molecule has 2 aromatic rings. The maximum absolute atomic E-state index is 14.7. The fourth-order valence-electron chi connectivity index (χ4n) is 6.29. The Kier molecular flexibility index (Phi) is 7.97. The van der Waals surface area contributed by atoms with Gasteiger partial charge in [0.1, 0.15) is 5.82 Å². The van der Waals surface area contributed by atoms with Crippen LogP contribution in [-0.4, -0.2) is 0 Å². The van der Waals surface area contributed by atoms with Crippen molar-refractivity contribution in [2.75, 3.05) is 0 Å². The van der Waals surface area contributed by atoms with E-state index in [4.69, 9.17) is 0 Å². The Morgan fingerprint density at radius 1 is 0.656 bits per heavy atom. The zero-order valence-electron chi connectivity index (χ0n) is 19.4. The van der Waals surface area contributed by atoms with Gasteiger partial charge in [-0.2, -0.15) is 0 Å². The van der Waals surface area contributed by atoms with Crippen LogP contribution in [0.25, 0.3) is 11.1 Å². The van der Waals surface area contributed by atoms with Crippen molar-refractivity contribution in [3.63, 3.8) is 0 Å². The van der Waals surface area contributed by atoms with Crippen LogP contribution >= 0.6 is 0 Å². The minimum atomic E-state index is -0.949. The van der Waals surface area contributed by atoms with E-state index in [9.17, 15) is 13.2 Å². The third kappa shape index (κ3) is 5.77. The molecule has 0 amide bonds. The van der Waals surface area contributed by atoms with Crippen LogP contribution in [0.1, 0.15) is 83.1 Å². The minimum absolute atomic E-state index is 0.321. The van der Waals surface area contributed by atoms with E-state index in [1.54, 1.807) is 12.1 Å². The molecule has 0 N–H and O–H groups in total. The quantitative estimate of drug-likeness (QED) is 0.401. The molecule has 0 aliphatic heterocycles. The predicted molar refractivity (Wildman–Crippen MR) is 126 cm³/mol. The molecule has 2 aliphatic carbocycles. The molecule has 0 radical (unpaired) electrons. The van der Waals surface area contributed by atoms with Crippen LogP contribution in [0.3, 0.4) is 0 Å². The molecule has 2 aliphatic rings. The molecule has 0 aromatic heterocycles. The first-order valence-corrected chi connectivity index (χ1v) is 12.8. The predicted octanol–water partition coefficient (Wildman–Crippen LogP) is 9.12. The zero-order chi connectivity index (χ0) is 22.5. The Labute approximate surface area is 191 Å². The average Bonchev–Trinajstić information content (AvgIpc) is 2.81. The molecule has 0 spiro atoms. The van der Waals surface area contributed by atoms with Crippen molar-refractivity contribution in [2.24, 2.45) is 23.7 Å². The van der Waals surface area contributed by atoms with Gasteiger partial charge in [0, 0.05) is 5.56 Å². The highest BCUT2D eigenvalue weighted by Gasteiger charge is 2.30. The maximum Gasteiger partial charge on any atom is 0.159 e. The number of rotatable bonds is 7. The lowest BCUT2D eigenvalue weighted by Gasteiger charge is -2.38. The van der Waals surface area contributed by atoms with Crippen molar-refractivity contribution in [3.8, 4) is 11.1 Å². The van der Waals surface area contributed by atoms with Gasteiger partial charge in [-0.15, -0.1) is 0 Å². The summed E-state index contributed by atoms with van der Waals surface area (Å²) < 4.78 is 41.3. The molecule has 0 saturated heterocycles. The van der Waals surface area contributed by atoms with E-state index in [1.807, 2.05) is 6.07 Å². The second kappa shape index (κ2) is 10.9. The summed E-state index contributed by atoms with van der Waals surface area (Å²) in [6.45, 7) is 2.31. The normalized spacial score (nSPS) is 26.2. The van der Waals surface area contributed by atoms with Crippen molar-refractivity contribution in [1.29, 1.82) is 0 Å². The van der Waals surface area contributed by atoms with Gasteiger partial charge >= 0.3 is 0 Å². The van der Waals surface area contributed by atoms with E-state index >= 15 is 0 Å². The molecule has 174 valence electrons. The Morgan fingerprint density at radius 3 is 1.84 bits per heavy atom. The summed E-state index contributed by atoms with van der Waals surface area (Å²) in [5.74, 6) is 1.40. The van der Waals surface area contributed by atoms with Crippen molar-refractivity contribution >= 4 is 0 Å². The van der Waals surface area contributed by atoms with E-state index in [0.717, 1.165) is 54.2 Å². The lowest BCUT2D eigenvalue weighted by Crippen LogP contribution is -2.26. The number of hydrogen-bond donors (Lipinski definition) is 0. The van der Waals surface area contributed by atoms with Crippen LogP contribution in [0.5, 0.6) is 0 Å². The number of aryl methyl sites for hydroxylation is 1. The smallest absolute Gasteiger partial charge is 0.159 e. The van der Waals surface area contributed by atoms with Gasteiger partial charge in [-0.3, -0.25) is 0 Å². The van der Waals surface area contributed by atoms with Gasteiger partial charge in [0.15, 0.2) is 11.6 Å². The molecule has 2 saturated carbocycles. The minimum Gasteiger partial charge on any atom is -0.206 e. The zero-order valence-corrected chi connectivity index (χ0v) is 19.4. The summed E-state index contributed by atoms with van der Waals surface area (Å²) in [6.07, 6.45) is 15.9. The first kappa shape index (κ1) is 23.4. The number of halogens is 3. The molecule has 2 fully saturated rings. The molecular weight excluding hydrogens is 405 g/mol. The third-order valence-corrected chi connectivity index (χ3v) is 8.25. The van der Waals surface area contributed by atoms with Gasteiger partial charge in [0.05, 0.1) is 0 Å². The molecular formula is C29H37F3. The Hall–Kier alpha value is -1.77. The van der Waals surface area contributed by atoms with Crippen LogP contribution in [0.4, 0.5) is 13.2 Å². The van der Waals surface area contributed by atoms with Crippen LogP contribution < -0.4 is 0 Å². The van der Waals surface area contributed by atoms with Gasteiger partial charge in [0.25, 0.3) is 0 Å². The summed E-state index contributed by atoms with van der Waals surface area (Å²) in [4.78, 5) is 0. The Morgan fingerprint density at radius 2 is 1.28 bits per heavy atom. The first-order chi connectivity index (χ1) is 15.5. The monoisotopic (exact) mass is 442 g/mol. The van der Waals surface area contributed by atoms with Crippen molar-refractivity contribution in [2.45, 2.75) is 84.0 Å². The second-order valence-corrected chi connectivity index (χ2v) is 10.3. The van der Waals surface area contributed by atoms with Crippen LogP contribution in [-0.2, 0) is 6.42 Å². The van der Waals surface area contributed by atoms with Crippen LogP contribution in [0.15, 0.2) is 36.4 Å². The van der Waals surface area contributed by atoms with E-state index < -0.39 is 11.6 Å². The van der Waals surface area contributed by atoms with E-state index in [2.05, 4.69) is 6.92 Å². The molecule has 0 unspecified atom stereocenters. The molecule has 3 heteroatoms. The average molecular weight is 443 g/mol. The fraction of sp³-hybridized carbons (Fsp3) is 0.586. The third-order valence-electron chi connectivity index (χ3n) is 8.25. The number of benzene rings is 2. The van der Waals surface area contributed by atoms with E-state index in [0.29, 0.717) is 11.1 Å². The Balaban J connectivity index is 1.24. The largest absolute Gasteiger partial charge is 0.206 e. The van der Waals surface area contributed by atoms with Crippen LogP contribution in [0.2, 0.25) is 0 Å². The van der Waals surface area contributed by atoms with Gasteiger partial charge in [-0.25, -0.2) is 13.2 Å². The van der Waals surface area contributed by atoms with Crippen molar-refractivity contribution in [3.05, 3.63) is 59.4 Å². The topological polar surface area (TPSA) is 0 Å². The summed E-state index contributed by atoms with van der Waals surface area (Å²) >= 11 is 0. The lowest BCUT2D eigenvalue weighted by molar-refractivity contribution is 0.141. The van der Waals surface area contributed by atoms with Crippen molar-refractivity contribution < 1.29 is 13.2 Å². The number of hydrogen-bond acceptors (Lipinski definition) is 0. The fourth-order valence-corrected chi connectivity index (χ4v) is 6.29. The van der Waals surface area contributed by atoms with E-state index in [1.165, 1.54) is 70.3 Å².